The van der Waals surface area contributed by atoms with Crippen LogP contribution in [0.4, 0.5) is 4.79 Å². The third kappa shape index (κ3) is 6.12. The zero-order valence-corrected chi connectivity index (χ0v) is 25.8. The molecule has 2 aromatic heterocycles. The second kappa shape index (κ2) is 11.7. The van der Waals surface area contributed by atoms with Crippen LogP contribution in [0.5, 0.6) is 11.5 Å². The predicted octanol–water partition coefficient (Wildman–Crippen LogP) is 4.65. The quantitative estimate of drug-likeness (QED) is 0.283. The molecule has 0 bridgehead atoms. The van der Waals surface area contributed by atoms with Gasteiger partial charge in [-0.1, -0.05) is 23.4 Å². The smallest absolute Gasteiger partial charge is 0.410 e. The standard InChI is InChI=1S/C29H36ClN5O5S/c1-29(2,3)40-28(37)34-15-18-13-33(14-19(18)16-34)7-8-35-25-17(12-31-27(32-25)41-6)9-22(26(35)36)21-10-20(38-4)11-23(39-5)24(21)30/h9-12,18-19H,7-8,13-16H2,1-6H3/t18-,19-/m0/s1. The fourth-order valence-electron chi connectivity index (χ4n) is 5.67. The molecule has 5 rings (SSSR count). The number of rotatable bonds is 7. The Hall–Kier alpha value is -3.02. The van der Waals surface area contributed by atoms with Crippen LogP contribution < -0.4 is 15.0 Å². The number of aromatic nitrogens is 3. The fourth-order valence-corrected chi connectivity index (χ4v) is 6.29. The van der Waals surface area contributed by atoms with Crippen LogP contribution in [-0.2, 0) is 11.3 Å². The van der Waals surface area contributed by atoms with Gasteiger partial charge in [-0.15, -0.1) is 0 Å². The number of hydrogen-bond donors (Lipinski definition) is 0. The van der Waals surface area contributed by atoms with Gasteiger partial charge in [0.2, 0.25) is 0 Å². The maximum absolute atomic E-state index is 14.0. The Bertz CT molecular complexity index is 1510. The minimum Gasteiger partial charge on any atom is -0.497 e. The molecular formula is C29H36ClN5O5S. The van der Waals surface area contributed by atoms with Gasteiger partial charge in [0, 0.05) is 68.0 Å². The van der Waals surface area contributed by atoms with Crippen molar-refractivity contribution in [2.75, 3.05) is 53.2 Å². The van der Waals surface area contributed by atoms with E-state index in [2.05, 4.69) is 9.88 Å². The highest BCUT2D eigenvalue weighted by Gasteiger charge is 2.42. The van der Waals surface area contributed by atoms with Crippen molar-refractivity contribution in [1.29, 1.82) is 0 Å². The molecule has 0 saturated carbocycles. The van der Waals surface area contributed by atoms with Gasteiger partial charge in [0.1, 0.15) is 22.7 Å². The average molecular weight is 602 g/mol. The van der Waals surface area contributed by atoms with Gasteiger partial charge in [0.15, 0.2) is 5.16 Å². The van der Waals surface area contributed by atoms with Crippen molar-refractivity contribution >= 4 is 40.5 Å². The van der Waals surface area contributed by atoms with E-state index in [4.69, 9.17) is 30.8 Å². The summed E-state index contributed by atoms with van der Waals surface area (Å²) in [6, 6.07) is 5.21. The zero-order chi connectivity index (χ0) is 29.5. The van der Waals surface area contributed by atoms with Gasteiger partial charge in [0.05, 0.1) is 19.2 Å². The number of fused-ring (bicyclic) bond motifs is 2. The lowest BCUT2D eigenvalue weighted by atomic mass is 10.0. The first kappa shape index (κ1) is 29.5. The van der Waals surface area contributed by atoms with Gasteiger partial charge < -0.3 is 24.0 Å². The van der Waals surface area contributed by atoms with Crippen LogP contribution in [-0.4, -0.2) is 89.2 Å². The van der Waals surface area contributed by atoms with Crippen molar-refractivity contribution in [3.05, 3.63) is 39.8 Å². The van der Waals surface area contributed by atoms with Gasteiger partial charge in [-0.05, 0) is 51.0 Å². The van der Waals surface area contributed by atoms with Crippen molar-refractivity contribution in [3.8, 4) is 22.6 Å². The molecule has 0 unspecified atom stereocenters. The maximum Gasteiger partial charge on any atom is 0.410 e. The van der Waals surface area contributed by atoms with Crippen molar-refractivity contribution in [1.82, 2.24) is 24.3 Å². The summed E-state index contributed by atoms with van der Waals surface area (Å²) in [6.07, 6.45) is 3.40. The van der Waals surface area contributed by atoms with E-state index >= 15 is 0 Å². The topological polar surface area (TPSA) is 99.0 Å². The predicted molar refractivity (Wildman–Crippen MR) is 160 cm³/mol. The number of likely N-dealkylation sites (tertiary alicyclic amines) is 2. The van der Waals surface area contributed by atoms with Gasteiger partial charge in [0.25, 0.3) is 5.56 Å². The summed E-state index contributed by atoms with van der Waals surface area (Å²) in [7, 11) is 3.08. The number of halogens is 1. The molecule has 2 saturated heterocycles. The van der Waals surface area contributed by atoms with E-state index in [0.29, 0.717) is 76.5 Å². The molecule has 2 aliphatic heterocycles. The number of hydrogen-bond acceptors (Lipinski definition) is 9. The van der Waals surface area contributed by atoms with Gasteiger partial charge in [-0.25, -0.2) is 14.8 Å². The Morgan fingerprint density at radius 1 is 1.05 bits per heavy atom. The molecule has 4 heterocycles. The average Bonchev–Trinajstić information content (AvgIpc) is 3.51. The molecule has 0 spiro atoms. The van der Waals surface area contributed by atoms with Crippen LogP contribution in [0, 0.1) is 11.8 Å². The first-order valence-electron chi connectivity index (χ1n) is 13.6. The number of thioether (sulfide) groups is 1. The van der Waals surface area contributed by atoms with E-state index in [1.807, 2.05) is 31.9 Å². The molecule has 2 atom stereocenters. The molecule has 0 aliphatic carbocycles. The summed E-state index contributed by atoms with van der Waals surface area (Å²) in [5, 5.41) is 1.67. The number of benzene rings is 1. The molecule has 2 fully saturated rings. The zero-order valence-electron chi connectivity index (χ0n) is 24.3. The van der Waals surface area contributed by atoms with Gasteiger partial charge >= 0.3 is 6.09 Å². The molecule has 3 aromatic rings. The molecule has 1 aromatic carbocycles. The summed E-state index contributed by atoms with van der Waals surface area (Å²) in [6.45, 7) is 9.87. The van der Waals surface area contributed by atoms with Gasteiger partial charge in [-0.2, -0.15) is 0 Å². The van der Waals surface area contributed by atoms with Crippen molar-refractivity contribution in [2.45, 2.75) is 38.1 Å². The number of methoxy groups -OCH3 is 2. The normalized spacial score (nSPS) is 19.0. The fraction of sp³-hybridized carbons (Fsp3) is 0.517. The number of carbonyl (C=O) groups excluding carboxylic acids is 1. The Kier molecular flexibility index (Phi) is 8.41. The summed E-state index contributed by atoms with van der Waals surface area (Å²) in [5.41, 5.74) is 0.822. The Balaban J connectivity index is 1.41. The maximum atomic E-state index is 14.0. The number of pyridine rings is 1. The minimum atomic E-state index is -0.509. The lowest BCUT2D eigenvalue weighted by molar-refractivity contribution is 0.0274. The van der Waals surface area contributed by atoms with E-state index < -0.39 is 5.60 Å². The summed E-state index contributed by atoms with van der Waals surface area (Å²) in [5.74, 6) is 1.72. The van der Waals surface area contributed by atoms with Crippen molar-refractivity contribution in [2.24, 2.45) is 11.8 Å². The Labute approximate surface area is 248 Å². The van der Waals surface area contributed by atoms with Crippen LogP contribution in [0.2, 0.25) is 5.02 Å². The van der Waals surface area contributed by atoms with Crippen molar-refractivity contribution < 1.29 is 19.0 Å². The summed E-state index contributed by atoms with van der Waals surface area (Å²) in [4.78, 5) is 39.9. The molecule has 1 amide bonds. The van der Waals surface area contributed by atoms with E-state index in [1.54, 1.807) is 36.1 Å². The van der Waals surface area contributed by atoms with Crippen LogP contribution in [0.3, 0.4) is 0 Å². The highest BCUT2D eigenvalue weighted by molar-refractivity contribution is 7.98. The summed E-state index contributed by atoms with van der Waals surface area (Å²) < 4.78 is 18.2. The molecule has 12 heteroatoms. The highest BCUT2D eigenvalue weighted by Crippen LogP contribution is 2.39. The summed E-state index contributed by atoms with van der Waals surface area (Å²) >= 11 is 8.12. The first-order chi connectivity index (χ1) is 19.5. The molecule has 10 nitrogen and oxygen atoms in total. The second-order valence-electron chi connectivity index (χ2n) is 11.5. The van der Waals surface area contributed by atoms with Crippen LogP contribution >= 0.6 is 23.4 Å². The first-order valence-corrected chi connectivity index (χ1v) is 15.2. The third-order valence-corrected chi connectivity index (χ3v) is 8.55. The molecule has 41 heavy (non-hydrogen) atoms. The number of carbonyl (C=O) groups is 1. The molecule has 0 N–H and O–H groups in total. The third-order valence-electron chi connectivity index (χ3n) is 7.60. The van der Waals surface area contributed by atoms with Crippen LogP contribution in [0.25, 0.3) is 22.2 Å². The second-order valence-corrected chi connectivity index (χ2v) is 12.7. The largest absolute Gasteiger partial charge is 0.497 e. The van der Waals surface area contributed by atoms with E-state index in [9.17, 15) is 9.59 Å². The number of nitrogens with zero attached hydrogens (tertiary/aromatic N) is 5. The lowest BCUT2D eigenvalue weighted by Crippen LogP contribution is -2.38. The molecule has 0 radical (unpaired) electrons. The molecular weight excluding hydrogens is 566 g/mol. The SMILES string of the molecule is COc1cc(OC)c(Cl)c(-c2cc3cnc(SC)nc3n(CCN3C[C@H]4CN(C(=O)OC(C)(C)C)C[C@@H]4C3)c2=O)c1. The van der Waals surface area contributed by atoms with Crippen LogP contribution in [0.1, 0.15) is 20.8 Å². The van der Waals surface area contributed by atoms with E-state index in [0.717, 1.165) is 18.5 Å². The van der Waals surface area contributed by atoms with Crippen molar-refractivity contribution in [3.63, 3.8) is 0 Å². The lowest BCUT2D eigenvalue weighted by Gasteiger charge is -2.26. The Morgan fingerprint density at radius 2 is 1.76 bits per heavy atom. The minimum absolute atomic E-state index is 0.198. The number of amides is 1. The van der Waals surface area contributed by atoms with E-state index in [-0.39, 0.29) is 11.7 Å². The molecule has 220 valence electrons. The van der Waals surface area contributed by atoms with Crippen LogP contribution in [0.15, 0.2) is 34.3 Å². The highest BCUT2D eigenvalue weighted by atomic mass is 35.5. The number of ether oxygens (including phenoxy) is 3. The Morgan fingerprint density at radius 3 is 2.37 bits per heavy atom. The monoisotopic (exact) mass is 601 g/mol. The van der Waals surface area contributed by atoms with Gasteiger partial charge in [-0.3, -0.25) is 9.36 Å². The molecule has 2 aliphatic rings. The van der Waals surface area contributed by atoms with E-state index in [1.165, 1.54) is 18.9 Å².